The number of alkyl halides is 3. The van der Waals surface area contributed by atoms with E-state index in [0.29, 0.717) is 13.1 Å². The summed E-state index contributed by atoms with van der Waals surface area (Å²) in [5.41, 5.74) is -2.62. The summed E-state index contributed by atoms with van der Waals surface area (Å²) in [7, 11) is 0. The zero-order valence-corrected chi connectivity index (χ0v) is 23.6. The quantitative estimate of drug-likeness (QED) is 0.363. The number of unbranched alkanes of at least 4 members (excludes halogenated alkanes) is 1. The van der Waals surface area contributed by atoms with Crippen molar-refractivity contribution in [2.24, 2.45) is 5.92 Å². The molecule has 11 heteroatoms. The predicted molar refractivity (Wildman–Crippen MR) is 143 cm³/mol. The van der Waals surface area contributed by atoms with Gasteiger partial charge in [-0.1, -0.05) is 13.8 Å². The van der Waals surface area contributed by atoms with Crippen LogP contribution in [0.1, 0.15) is 65.5 Å². The molecule has 1 aromatic rings. The van der Waals surface area contributed by atoms with Gasteiger partial charge in [-0.3, -0.25) is 19.4 Å². The van der Waals surface area contributed by atoms with E-state index in [1.54, 1.807) is 24.8 Å². The molecule has 0 spiro atoms. The third-order valence-electron chi connectivity index (χ3n) is 7.48. The average molecular weight is 552 g/mol. The summed E-state index contributed by atoms with van der Waals surface area (Å²) in [5.74, 6) is -0.267. The molecular weight excluding hydrogens is 515 g/mol. The fourth-order valence-corrected chi connectivity index (χ4v) is 5.68. The molecule has 1 aromatic carbocycles. The molecule has 2 saturated heterocycles. The molecule has 0 N–H and O–H groups in total. The Kier molecular flexibility index (Phi) is 8.78. The monoisotopic (exact) mass is 551 g/mol. The molecular formula is C27H36F3N5O2S. The molecule has 0 aliphatic carbocycles. The van der Waals surface area contributed by atoms with E-state index >= 15 is 0 Å². The maximum atomic E-state index is 13.5. The topological polar surface area (TPSA) is 70.9 Å². The highest BCUT2D eigenvalue weighted by atomic mass is 32.1. The number of carbonyl (C=O) groups excluding carboxylic acids is 2. The molecule has 2 aliphatic rings. The Morgan fingerprint density at radius 3 is 2.37 bits per heavy atom. The number of benzene rings is 1. The van der Waals surface area contributed by atoms with E-state index in [4.69, 9.17) is 17.5 Å². The second-order valence-electron chi connectivity index (χ2n) is 11.0. The zero-order chi connectivity index (χ0) is 28.6. The van der Waals surface area contributed by atoms with Gasteiger partial charge in [0.05, 0.1) is 22.9 Å². The first kappa shape index (κ1) is 29.8. The summed E-state index contributed by atoms with van der Waals surface area (Å²) in [6.07, 6.45) is -3.16. The SMILES string of the molecule is CC(C)C(=O)N1CC(C)N(CCCCN2C(=S)N(c3ccc(C#N)c(C(F)(F)F)c3)C(=O)C2(C)C)CC1C. The fraction of sp³-hybridized carbons (Fsp3) is 0.630. The molecule has 2 amide bonds. The summed E-state index contributed by atoms with van der Waals surface area (Å²) in [5, 5.41) is 9.24. The maximum Gasteiger partial charge on any atom is 0.417 e. The van der Waals surface area contributed by atoms with Crippen molar-refractivity contribution in [3.63, 3.8) is 0 Å². The van der Waals surface area contributed by atoms with Crippen LogP contribution in [-0.4, -0.2) is 75.4 Å². The van der Waals surface area contributed by atoms with Crippen LogP contribution in [0.25, 0.3) is 0 Å². The van der Waals surface area contributed by atoms with Crippen molar-refractivity contribution in [3.8, 4) is 6.07 Å². The minimum Gasteiger partial charge on any atom is -0.337 e. The van der Waals surface area contributed by atoms with Gasteiger partial charge in [-0.25, -0.2) is 0 Å². The lowest BCUT2D eigenvalue weighted by molar-refractivity contribution is -0.140. The number of piperazine rings is 1. The molecule has 208 valence electrons. The molecule has 0 saturated carbocycles. The van der Waals surface area contributed by atoms with Crippen LogP contribution < -0.4 is 4.90 Å². The number of anilines is 1. The molecule has 7 nitrogen and oxygen atoms in total. The molecule has 0 aromatic heterocycles. The van der Waals surface area contributed by atoms with Crippen LogP contribution >= 0.6 is 12.2 Å². The number of nitriles is 1. The number of halogens is 3. The van der Waals surface area contributed by atoms with Gasteiger partial charge in [0.25, 0.3) is 5.91 Å². The minimum atomic E-state index is -4.73. The summed E-state index contributed by atoms with van der Waals surface area (Å²) < 4.78 is 40.5. The Labute approximate surface area is 228 Å². The van der Waals surface area contributed by atoms with Crippen molar-refractivity contribution in [1.29, 1.82) is 5.26 Å². The average Bonchev–Trinajstić information content (AvgIpc) is 3.00. The number of thiocarbonyl (C=S) groups is 1. The van der Waals surface area contributed by atoms with Crippen LogP contribution in [0.15, 0.2) is 18.2 Å². The van der Waals surface area contributed by atoms with Gasteiger partial charge in [-0.2, -0.15) is 18.4 Å². The molecule has 0 bridgehead atoms. The third kappa shape index (κ3) is 5.81. The second kappa shape index (κ2) is 11.2. The van der Waals surface area contributed by atoms with Gasteiger partial charge in [0.15, 0.2) is 5.11 Å². The van der Waals surface area contributed by atoms with E-state index in [9.17, 15) is 22.8 Å². The van der Waals surface area contributed by atoms with Crippen molar-refractivity contribution in [2.45, 2.75) is 78.2 Å². The van der Waals surface area contributed by atoms with Crippen LogP contribution in [0, 0.1) is 17.2 Å². The van der Waals surface area contributed by atoms with Gasteiger partial charge in [0.1, 0.15) is 5.54 Å². The molecule has 2 aliphatic heterocycles. The van der Waals surface area contributed by atoms with Crippen molar-refractivity contribution >= 4 is 34.8 Å². The van der Waals surface area contributed by atoms with E-state index in [0.717, 1.165) is 43.0 Å². The molecule has 3 rings (SSSR count). The van der Waals surface area contributed by atoms with Crippen LogP contribution in [0.3, 0.4) is 0 Å². The number of hydrogen-bond donors (Lipinski definition) is 0. The van der Waals surface area contributed by atoms with E-state index in [2.05, 4.69) is 18.7 Å². The van der Waals surface area contributed by atoms with E-state index < -0.39 is 28.7 Å². The third-order valence-corrected chi connectivity index (χ3v) is 7.88. The zero-order valence-electron chi connectivity index (χ0n) is 22.8. The predicted octanol–water partition coefficient (Wildman–Crippen LogP) is 4.65. The maximum absolute atomic E-state index is 13.5. The van der Waals surface area contributed by atoms with Gasteiger partial charge in [-0.15, -0.1) is 0 Å². The number of rotatable bonds is 7. The molecule has 2 unspecified atom stereocenters. The Bertz CT molecular complexity index is 1130. The van der Waals surface area contributed by atoms with Crippen LogP contribution in [0.5, 0.6) is 0 Å². The normalized spacial score (nSPS) is 22.4. The molecule has 38 heavy (non-hydrogen) atoms. The van der Waals surface area contributed by atoms with E-state index in [1.807, 2.05) is 18.7 Å². The van der Waals surface area contributed by atoms with Gasteiger partial charge in [0, 0.05) is 37.6 Å². The smallest absolute Gasteiger partial charge is 0.337 e. The lowest BCUT2D eigenvalue weighted by atomic mass is 10.0. The first-order valence-corrected chi connectivity index (χ1v) is 13.3. The standard InChI is InChI=1S/C27H36F3N5O2S/c1-17(2)23(36)33-16-18(3)32(15-19(33)4)11-7-8-12-34-25(38)35(24(37)26(34,5)6)21-10-9-20(14-31)22(13-21)27(28,29)30/h9-10,13,17-19H,7-8,11-12,15-16H2,1-6H3. The summed E-state index contributed by atoms with van der Waals surface area (Å²) in [6.45, 7) is 14.2. The Morgan fingerprint density at radius 2 is 1.79 bits per heavy atom. The van der Waals surface area contributed by atoms with Gasteiger partial charge >= 0.3 is 6.18 Å². The highest BCUT2D eigenvalue weighted by Gasteiger charge is 2.49. The molecule has 2 heterocycles. The molecule has 2 atom stereocenters. The largest absolute Gasteiger partial charge is 0.417 e. The van der Waals surface area contributed by atoms with Crippen molar-refractivity contribution in [1.82, 2.24) is 14.7 Å². The van der Waals surface area contributed by atoms with Crippen molar-refractivity contribution in [3.05, 3.63) is 29.3 Å². The number of amides is 2. The van der Waals surface area contributed by atoms with Crippen LogP contribution in [0.4, 0.5) is 18.9 Å². The lowest BCUT2D eigenvalue weighted by Crippen LogP contribution is -2.58. The van der Waals surface area contributed by atoms with Gasteiger partial charge < -0.3 is 9.80 Å². The van der Waals surface area contributed by atoms with E-state index in [1.165, 1.54) is 6.07 Å². The first-order chi connectivity index (χ1) is 17.6. The second-order valence-corrected chi connectivity index (χ2v) is 11.4. The van der Waals surface area contributed by atoms with Crippen LogP contribution in [0.2, 0.25) is 0 Å². The van der Waals surface area contributed by atoms with E-state index in [-0.39, 0.29) is 34.7 Å². The van der Waals surface area contributed by atoms with Gasteiger partial charge in [-0.05, 0) is 77.5 Å². The Morgan fingerprint density at radius 1 is 1.16 bits per heavy atom. The lowest BCUT2D eigenvalue weighted by Gasteiger charge is -2.45. The highest BCUT2D eigenvalue weighted by Crippen LogP contribution is 2.38. The molecule has 2 fully saturated rings. The highest BCUT2D eigenvalue weighted by molar-refractivity contribution is 7.80. The number of carbonyl (C=O) groups is 2. The fourth-order valence-electron chi connectivity index (χ4n) is 5.18. The number of hydrogen-bond acceptors (Lipinski definition) is 5. The minimum absolute atomic E-state index is 0.00136. The Balaban J connectivity index is 1.65. The van der Waals surface area contributed by atoms with Crippen molar-refractivity contribution < 1.29 is 22.8 Å². The summed E-state index contributed by atoms with van der Waals surface area (Å²) in [4.78, 5) is 33.0. The van der Waals surface area contributed by atoms with Crippen LogP contribution in [-0.2, 0) is 15.8 Å². The van der Waals surface area contributed by atoms with Gasteiger partial charge in [0.2, 0.25) is 5.91 Å². The first-order valence-electron chi connectivity index (χ1n) is 12.9. The number of nitrogens with zero attached hydrogens (tertiary/aromatic N) is 5. The summed E-state index contributed by atoms with van der Waals surface area (Å²) >= 11 is 5.57. The molecule has 0 radical (unpaired) electrons. The Hall–Kier alpha value is -2.71. The van der Waals surface area contributed by atoms with Crippen molar-refractivity contribution in [2.75, 3.05) is 31.1 Å². The summed E-state index contributed by atoms with van der Waals surface area (Å²) in [6, 6.07) is 5.13.